The summed E-state index contributed by atoms with van der Waals surface area (Å²) < 4.78 is 5.58. The number of rotatable bonds is 6. The first-order chi connectivity index (χ1) is 16.2. The van der Waals surface area contributed by atoms with Gasteiger partial charge in [0.15, 0.2) is 0 Å². The van der Waals surface area contributed by atoms with Gasteiger partial charge in [0.05, 0.1) is 11.8 Å². The molecular formula is C28H41NO4S. The van der Waals surface area contributed by atoms with Gasteiger partial charge in [0.25, 0.3) is 0 Å². The Labute approximate surface area is 208 Å². The first kappa shape index (κ1) is 25.4. The van der Waals surface area contributed by atoms with Gasteiger partial charge in [-0.15, -0.1) is 11.3 Å². The van der Waals surface area contributed by atoms with Crippen LogP contribution in [0.15, 0.2) is 12.1 Å². The molecule has 4 rings (SSSR count). The van der Waals surface area contributed by atoms with Gasteiger partial charge in [-0.1, -0.05) is 26.8 Å². The smallest absolute Gasteiger partial charge is 0.348 e. The summed E-state index contributed by atoms with van der Waals surface area (Å²) in [6, 6.07) is 2.06. The predicted molar refractivity (Wildman–Crippen MR) is 139 cm³/mol. The van der Waals surface area contributed by atoms with Crippen molar-refractivity contribution in [3.05, 3.63) is 21.9 Å². The Balaban J connectivity index is 1.70. The number of thiophene rings is 1. The van der Waals surface area contributed by atoms with Crippen LogP contribution in [0.25, 0.3) is 5.57 Å². The van der Waals surface area contributed by atoms with Crippen molar-refractivity contribution in [2.24, 2.45) is 17.3 Å². The number of carbonyl (C=O) groups excluding carboxylic acids is 1. The molecule has 1 heterocycles. The van der Waals surface area contributed by atoms with E-state index in [-0.39, 0.29) is 29.4 Å². The van der Waals surface area contributed by atoms with E-state index in [0.29, 0.717) is 16.5 Å². The maximum Gasteiger partial charge on any atom is 0.348 e. The number of aromatic carboxylic acids is 1. The zero-order chi connectivity index (χ0) is 24.5. The first-order valence-electron chi connectivity index (χ1n) is 13.1. The number of hydrogen-bond donors (Lipinski definition) is 1. The van der Waals surface area contributed by atoms with Crippen molar-refractivity contribution in [1.82, 2.24) is 0 Å². The molecule has 3 aliphatic rings. The molecule has 1 aromatic heterocycles. The van der Waals surface area contributed by atoms with Gasteiger partial charge in [-0.25, -0.2) is 4.79 Å². The number of amides is 1. The second-order valence-electron chi connectivity index (χ2n) is 11.6. The van der Waals surface area contributed by atoms with Crippen molar-refractivity contribution < 1.29 is 19.4 Å². The minimum atomic E-state index is -0.928. The SMILES string of the molecule is CO[C@H]1CC[C@H](N(c2cc(C3=CCCC(C)(C)C3)sc2C(=O)O)C(=O)[C@H]2CC[C@H](C)CC2)CC1. The van der Waals surface area contributed by atoms with E-state index < -0.39 is 5.97 Å². The number of carboxylic acid groups (broad SMARTS) is 1. The molecule has 1 N–H and O–H groups in total. The molecule has 0 aromatic carbocycles. The summed E-state index contributed by atoms with van der Waals surface area (Å²) in [7, 11) is 1.75. The Kier molecular flexibility index (Phi) is 7.88. The van der Waals surface area contributed by atoms with Crippen LogP contribution in [0.1, 0.15) is 106 Å². The molecule has 188 valence electrons. The van der Waals surface area contributed by atoms with E-state index in [4.69, 9.17) is 4.74 Å². The Morgan fingerprint density at radius 1 is 1.09 bits per heavy atom. The molecule has 0 spiro atoms. The van der Waals surface area contributed by atoms with Crippen LogP contribution >= 0.6 is 11.3 Å². The quantitative estimate of drug-likeness (QED) is 0.462. The zero-order valence-corrected chi connectivity index (χ0v) is 22.1. The normalized spacial score (nSPS) is 29.4. The molecule has 5 nitrogen and oxygen atoms in total. The highest BCUT2D eigenvalue weighted by Crippen LogP contribution is 2.45. The fourth-order valence-electron chi connectivity index (χ4n) is 6.11. The lowest BCUT2D eigenvalue weighted by molar-refractivity contribution is -0.124. The summed E-state index contributed by atoms with van der Waals surface area (Å²) in [5.74, 6) is -0.132. The van der Waals surface area contributed by atoms with E-state index in [0.717, 1.165) is 75.5 Å². The van der Waals surface area contributed by atoms with E-state index in [1.807, 2.05) is 11.0 Å². The van der Waals surface area contributed by atoms with Crippen molar-refractivity contribution in [2.75, 3.05) is 12.0 Å². The molecule has 6 heteroatoms. The van der Waals surface area contributed by atoms with E-state index in [1.54, 1.807) is 7.11 Å². The molecule has 2 fully saturated rings. The highest BCUT2D eigenvalue weighted by atomic mass is 32.1. The highest BCUT2D eigenvalue weighted by molar-refractivity contribution is 7.15. The molecule has 1 aromatic rings. The van der Waals surface area contributed by atoms with Crippen LogP contribution in [-0.4, -0.2) is 36.2 Å². The Morgan fingerprint density at radius 3 is 2.35 bits per heavy atom. The molecule has 0 radical (unpaired) electrons. The predicted octanol–water partition coefficient (Wildman–Crippen LogP) is 7.16. The van der Waals surface area contributed by atoms with Crippen LogP contribution in [0.2, 0.25) is 0 Å². The van der Waals surface area contributed by atoms with Crippen LogP contribution in [0.5, 0.6) is 0 Å². The number of carbonyl (C=O) groups is 2. The number of ether oxygens (including phenoxy) is 1. The van der Waals surface area contributed by atoms with Crippen LogP contribution in [0.4, 0.5) is 5.69 Å². The Morgan fingerprint density at radius 2 is 1.76 bits per heavy atom. The summed E-state index contributed by atoms with van der Waals surface area (Å²) in [6.07, 6.45) is 13.1. The van der Waals surface area contributed by atoms with Gasteiger partial charge in [-0.3, -0.25) is 4.79 Å². The highest BCUT2D eigenvalue weighted by Gasteiger charge is 2.38. The number of hydrogen-bond acceptors (Lipinski definition) is 4. The third kappa shape index (κ3) is 5.59. The lowest BCUT2D eigenvalue weighted by Crippen LogP contribution is -2.47. The summed E-state index contributed by atoms with van der Waals surface area (Å²) in [6.45, 7) is 6.82. The molecule has 2 saturated carbocycles. The molecular weight excluding hydrogens is 446 g/mol. The van der Waals surface area contributed by atoms with E-state index >= 15 is 0 Å². The van der Waals surface area contributed by atoms with Crippen LogP contribution < -0.4 is 4.90 Å². The standard InChI is InChI=1S/C28H41NO4S/c1-18-7-9-19(10-8-18)26(30)29(21-11-13-22(33-4)14-12-21)23-16-24(34-25(23)27(31)32)20-6-5-15-28(2,3)17-20/h6,16,18-19,21-22H,5,7-15,17H2,1-4H3,(H,31,32)/t18-,19-,21-,22-. The van der Waals surface area contributed by atoms with Crippen molar-refractivity contribution in [1.29, 1.82) is 0 Å². The van der Waals surface area contributed by atoms with Crippen LogP contribution in [0.3, 0.4) is 0 Å². The molecule has 0 bridgehead atoms. The average Bonchev–Trinajstić information content (AvgIpc) is 3.25. The van der Waals surface area contributed by atoms with Gasteiger partial charge in [-0.05, 0) is 93.6 Å². The second kappa shape index (κ2) is 10.5. The molecule has 0 atom stereocenters. The third-order valence-electron chi connectivity index (χ3n) is 8.31. The third-order valence-corrected chi connectivity index (χ3v) is 9.50. The molecule has 0 unspecified atom stereocenters. The van der Waals surface area contributed by atoms with Gasteiger partial charge in [0, 0.05) is 23.9 Å². The fourth-order valence-corrected chi connectivity index (χ4v) is 7.14. The zero-order valence-electron chi connectivity index (χ0n) is 21.3. The maximum absolute atomic E-state index is 14.0. The lowest BCUT2D eigenvalue weighted by Gasteiger charge is -2.39. The van der Waals surface area contributed by atoms with E-state index in [2.05, 4.69) is 26.8 Å². The minimum Gasteiger partial charge on any atom is -0.477 e. The molecule has 0 aliphatic heterocycles. The number of allylic oxidation sites excluding steroid dienone is 2. The van der Waals surface area contributed by atoms with Gasteiger partial charge in [-0.2, -0.15) is 0 Å². The summed E-state index contributed by atoms with van der Waals surface area (Å²) in [5, 5.41) is 10.2. The molecule has 34 heavy (non-hydrogen) atoms. The van der Waals surface area contributed by atoms with Gasteiger partial charge >= 0.3 is 5.97 Å². The summed E-state index contributed by atoms with van der Waals surface area (Å²) in [5.41, 5.74) is 2.07. The summed E-state index contributed by atoms with van der Waals surface area (Å²) in [4.78, 5) is 29.7. The number of anilines is 1. The average molecular weight is 488 g/mol. The number of carboxylic acids is 1. The second-order valence-corrected chi connectivity index (χ2v) is 12.6. The molecule has 1 amide bonds. The van der Waals surface area contributed by atoms with Crippen molar-refractivity contribution in [2.45, 2.75) is 104 Å². The maximum atomic E-state index is 14.0. The van der Waals surface area contributed by atoms with Crippen LogP contribution in [-0.2, 0) is 9.53 Å². The van der Waals surface area contributed by atoms with Crippen LogP contribution in [0, 0.1) is 17.3 Å². The van der Waals surface area contributed by atoms with Crippen molar-refractivity contribution >= 4 is 34.5 Å². The Bertz CT molecular complexity index is 917. The number of nitrogens with zero attached hydrogens (tertiary/aromatic N) is 1. The number of methoxy groups -OCH3 is 1. The van der Waals surface area contributed by atoms with Gasteiger partial charge < -0.3 is 14.7 Å². The first-order valence-corrected chi connectivity index (χ1v) is 13.9. The fraction of sp³-hybridized carbons (Fsp3) is 0.714. The van der Waals surface area contributed by atoms with Crippen molar-refractivity contribution in [3.63, 3.8) is 0 Å². The molecule has 3 aliphatic carbocycles. The largest absolute Gasteiger partial charge is 0.477 e. The van der Waals surface area contributed by atoms with E-state index in [9.17, 15) is 14.7 Å². The topological polar surface area (TPSA) is 66.8 Å². The van der Waals surface area contributed by atoms with Gasteiger partial charge in [0.2, 0.25) is 5.91 Å². The minimum absolute atomic E-state index is 0.00540. The lowest BCUT2D eigenvalue weighted by atomic mass is 9.77. The Hall–Kier alpha value is -1.66. The van der Waals surface area contributed by atoms with E-state index in [1.165, 1.54) is 16.9 Å². The van der Waals surface area contributed by atoms with Gasteiger partial charge in [0.1, 0.15) is 4.88 Å². The summed E-state index contributed by atoms with van der Waals surface area (Å²) >= 11 is 1.35. The molecule has 0 saturated heterocycles. The monoisotopic (exact) mass is 487 g/mol. The van der Waals surface area contributed by atoms with Crippen molar-refractivity contribution in [3.8, 4) is 0 Å².